The molecule has 3 rings (SSSR count). The lowest BCUT2D eigenvalue weighted by Gasteiger charge is -2.11. The smallest absolute Gasteiger partial charge is 0.354 e. The van der Waals surface area contributed by atoms with E-state index in [1.54, 1.807) is 30.3 Å². The summed E-state index contributed by atoms with van der Waals surface area (Å²) >= 11 is 0. The van der Waals surface area contributed by atoms with Crippen molar-refractivity contribution in [3.8, 4) is 22.5 Å². The number of carbonyl (C=O) groups excluding carboxylic acids is 2. The molecule has 1 aromatic heterocycles. The predicted octanol–water partition coefficient (Wildman–Crippen LogP) is 4.62. The van der Waals surface area contributed by atoms with Crippen LogP contribution in [-0.2, 0) is 11.0 Å². The summed E-state index contributed by atoms with van der Waals surface area (Å²) in [7, 11) is 3.79. The van der Waals surface area contributed by atoms with E-state index in [9.17, 15) is 22.8 Å². The van der Waals surface area contributed by atoms with E-state index in [-0.39, 0.29) is 11.8 Å². The molecule has 0 spiro atoms. The van der Waals surface area contributed by atoms with Crippen LogP contribution in [0.2, 0.25) is 0 Å². The van der Waals surface area contributed by atoms with E-state index in [0.717, 1.165) is 12.1 Å². The van der Waals surface area contributed by atoms with Crippen LogP contribution in [0.25, 0.3) is 22.5 Å². The Kier molecular flexibility index (Phi) is 7.23. The number of benzene rings is 2. The van der Waals surface area contributed by atoms with Crippen LogP contribution in [0.1, 0.15) is 22.8 Å². The monoisotopic (exact) mass is 458 g/mol. The molecule has 0 saturated heterocycles. The van der Waals surface area contributed by atoms with Crippen molar-refractivity contribution in [2.45, 2.75) is 13.1 Å². The Labute approximate surface area is 189 Å². The molecule has 2 amide bonds. The van der Waals surface area contributed by atoms with Crippen LogP contribution < -0.4 is 10.6 Å². The molecule has 0 unspecified atom stereocenters. The summed E-state index contributed by atoms with van der Waals surface area (Å²) in [5.74, 6) is -0.545. The minimum absolute atomic E-state index is 0.231. The lowest BCUT2D eigenvalue weighted by atomic mass is 10.1. The molecule has 0 aliphatic carbocycles. The molecule has 6 nitrogen and oxygen atoms in total. The molecule has 0 bridgehead atoms. The number of halogens is 3. The summed E-state index contributed by atoms with van der Waals surface area (Å²) < 4.78 is 38.8. The number of aromatic nitrogens is 1. The van der Waals surface area contributed by atoms with Crippen molar-refractivity contribution in [1.29, 1.82) is 0 Å². The molecule has 1 heterocycles. The minimum atomic E-state index is -4.43. The van der Waals surface area contributed by atoms with Crippen LogP contribution in [0.3, 0.4) is 0 Å². The summed E-state index contributed by atoms with van der Waals surface area (Å²) in [4.78, 5) is 29.5. The van der Waals surface area contributed by atoms with Gasteiger partial charge in [0.15, 0.2) is 0 Å². The molecule has 0 saturated carbocycles. The number of likely N-dealkylation sites (N-methyl/N-ethyl adjacent to an activating group) is 1. The molecule has 174 valence electrons. The van der Waals surface area contributed by atoms with Gasteiger partial charge in [-0.25, -0.2) is 0 Å². The molecule has 0 atom stereocenters. The molecule has 9 heteroatoms. The van der Waals surface area contributed by atoms with Crippen LogP contribution in [0.15, 0.2) is 54.6 Å². The third-order valence-electron chi connectivity index (χ3n) is 4.90. The van der Waals surface area contributed by atoms with Gasteiger partial charge in [0, 0.05) is 37.0 Å². The Hall–Kier alpha value is -3.59. The fourth-order valence-electron chi connectivity index (χ4n) is 3.30. The third-order valence-corrected chi connectivity index (χ3v) is 4.90. The van der Waals surface area contributed by atoms with Gasteiger partial charge in [-0.15, -0.1) is 0 Å². The van der Waals surface area contributed by atoms with Gasteiger partial charge in [-0.3, -0.25) is 9.59 Å². The second kappa shape index (κ2) is 9.91. The van der Waals surface area contributed by atoms with Crippen molar-refractivity contribution < 1.29 is 22.8 Å². The van der Waals surface area contributed by atoms with Crippen LogP contribution in [0, 0.1) is 0 Å². The fourth-order valence-corrected chi connectivity index (χ4v) is 3.30. The van der Waals surface area contributed by atoms with Crippen LogP contribution >= 0.6 is 0 Å². The lowest BCUT2D eigenvalue weighted by molar-refractivity contribution is -0.137. The SMILES string of the molecule is CC(=O)Nc1cccc(-c2[nH]c(-c3ccc(C(F)(F)F)cc3)cc2C(=O)NCCN(C)C)c1. The fraction of sp³-hybridized carbons (Fsp3) is 0.250. The van der Waals surface area contributed by atoms with Crippen molar-refractivity contribution in [3.05, 3.63) is 65.7 Å². The van der Waals surface area contributed by atoms with Gasteiger partial charge in [0.05, 0.1) is 16.8 Å². The van der Waals surface area contributed by atoms with Gasteiger partial charge in [-0.1, -0.05) is 24.3 Å². The highest BCUT2D eigenvalue weighted by atomic mass is 19.4. The molecule has 0 aliphatic rings. The zero-order valence-corrected chi connectivity index (χ0v) is 18.5. The Bertz CT molecular complexity index is 1140. The van der Waals surface area contributed by atoms with Gasteiger partial charge in [-0.05, 0) is 50.0 Å². The molecule has 0 fully saturated rings. The maximum Gasteiger partial charge on any atom is 0.416 e. The summed E-state index contributed by atoms with van der Waals surface area (Å²) in [6, 6.07) is 13.3. The topological polar surface area (TPSA) is 77.2 Å². The first-order chi connectivity index (χ1) is 15.5. The maximum atomic E-state index is 12.9. The standard InChI is InChI=1S/C24H25F3N4O2/c1-15(32)29-19-6-4-5-17(13-19)22-20(23(33)28-11-12-31(2)3)14-21(30-22)16-7-9-18(10-8-16)24(25,26)27/h4-10,13-14,30H,11-12H2,1-3H3,(H,28,33)(H,29,32). The van der Waals surface area contributed by atoms with E-state index in [2.05, 4.69) is 15.6 Å². The van der Waals surface area contributed by atoms with E-state index in [4.69, 9.17) is 0 Å². The van der Waals surface area contributed by atoms with Crippen molar-refractivity contribution in [2.24, 2.45) is 0 Å². The van der Waals surface area contributed by atoms with Crippen LogP contribution in [-0.4, -0.2) is 48.9 Å². The zero-order valence-electron chi connectivity index (χ0n) is 18.5. The molecule has 33 heavy (non-hydrogen) atoms. The van der Waals surface area contributed by atoms with Crippen LogP contribution in [0.4, 0.5) is 18.9 Å². The average Bonchev–Trinajstić information content (AvgIpc) is 3.18. The van der Waals surface area contributed by atoms with Crippen molar-refractivity contribution >= 4 is 17.5 Å². The number of nitrogens with zero attached hydrogens (tertiary/aromatic N) is 1. The lowest BCUT2D eigenvalue weighted by Crippen LogP contribution is -2.31. The first-order valence-corrected chi connectivity index (χ1v) is 10.3. The number of anilines is 1. The van der Waals surface area contributed by atoms with Gasteiger partial charge in [0.2, 0.25) is 5.91 Å². The largest absolute Gasteiger partial charge is 0.416 e. The van der Waals surface area contributed by atoms with E-state index in [1.165, 1.54) is 19.1 Å². The number of hydrogen-bond acceptors (Lipinski definition) is 3. The second-order valence-electron chi connectivity index (χ2n) is 7.87. The number of carbonyl (C=O) groups is 2. The molecule has 3 aromatic rings. The summed E-state index contributed by atoms with van der Waals surface area (Å²) in [5, 5.41) is 5.57. The highest BCUT2D eigenvalue weighted by Gasteiger charge is 2.30. The highest BCUT2D eigenvalue weighted by Crippen LogP contribution is 2.33. The number of alkyl halides is 3. The Balaban J connectivity index is 2.01. The Morgan fingerprint density at radius 3 is 2.30 bits per heavy atom. The molecule has 0 aliphatic heterocycles. The first-order valence-electron chi connectivity index (χ1n) is 10.3. The van der Waals surface area contributed by atoms with Gasteiger partial charge in [-0.2, -0.15) is 13.2 Å². The van der Waals surface area contributed by atoms with Crippen molar-refractivity contribution in [1.82, 2.24) is 15.2 Å². The predicted molar refractivity (Wildman–Crippen MR) is 122 cm³/mol. The first kappa shape index (κ1) is 24.1. The van der Waals surface area contributed by atoms with Crippen molar-refractivity contribution in [3.63, 3.8) is 0 Å². The molecule has 2 aromatic carbocycles. The highest BCUT2D eigenvalue weighted by molar-refractivity contribution is 6.02. The van der Waals surface area contributed by atoms with E-state index >= 15 is 0 Å². The van der Waals surface area contributed by atoms with Gasteiger partial charge < -0.3 is 20.5 Å². The van der Waals surface area contributed by atoms with E-state index in [0.29, 0.717) is 46.9 Å². The molecule has 3 N–H and O–H groups in total. The number of hydrogen-bond donors (Lipinski definition) is 3. The second-order valence-corrected chi connectivity index (χ2v) is 7.87. The minimum Gasteiger partial charge on any atom is -0.354 e. The summed E-state index contributed by atoms with van der Waals surface area (Å²) in [6.45, 7) is 2.47. The number of H-pyrrole nitrogens is 1. The van der Waals surface area contributed by atoms with Crippen LogP contribution in [0.5, 0.6) is 0 Å². The average molecular weight is 458 g/mol. The van der Waals surface area contributed by atoms with E-state index in [1.807, 2.05) is 19.0 Å². The van der Waals surface area contributed by atoms with Gasteiger partial charge in [0.25, 0.3) is 5.91 Å². The number of amides is 2. The summed E-state index contributed by atoms with van der Waals surface area (Å²) in [5.41, 5.74) is 2.32. The summed E-state index contributed by atoms with van der Waals surface area (Å²) in [6.07, 6.45) is -4.43. The van der Waals surface area contributed by atoms with Gasteiger partial charge in [0.1, 0.15) is 0 Å². The molecule has 0 radical (unpaired) electrons. The maximum absolute atomic E-state index is 12.9. The number of rotatable bonds is 7. The Morgan fingerprint density at radius 2 is 1.70 bits per heavy atom. The Morgan fingerprint density at radius 1 is 1.00 bits per heavy atom. The van der Waals surface area contributed by atoms with Crippen molar-refractivity contribution in [2.75, 3.05) is 32.5 Å². The van der Waals surface area contributed by atoms with E-state index < -0.39 is 11.7 Å². The quantitative estimate of drug-likeness (QED) is 0.484. The number of nitrogens with one attached hydrogen (secondary N) is 3. The zero-order chi connectivity index (χ0) is 24.2. The molecular formula is C24H25F3N4O2. The molecular weight excluding hydrogens is 433 g/mol. The third kappa shape index (κ3) is 6.23. The van der Waals surface area contributed by atoms with Gasteiger partial charge >= 0.3 is 6.18 Å². The normalized spacial score (nSPS) is 11.5. The number of aromatic amines is 1.